The van der Waals surface area contributed by atoms with Crippen LogP contribution in [0.2, 0.25) is 0 Å². The van der Waals surface area contributed by atoms with Crippen LogP contribution in [-0.2, 0) is 13.0 Å². The summed E-state index contributed by atoms with van der Waals surface area (Å²) in [4.78, 5) is 11.2. The van der Waals surface area contributed by atoms with Gasteiger partial charge >= 0.3 is 0 Å². The maximum Gasteiger partial charge on any atom is 0.174 e. The highest BCUT2D eigenvalue weighted by Gasteiger charge is 2.28. The zero-order chi connectivity index (χ0) is 44.4. The van der Waals surface area contributed by atoms with E-state index >= 15 is 0 Å². The van der Waals surface area contributed by atoms with Gasteiger partial charge in [0.15, 0.2) is 11.6 Å². The summed E-state index contributed by atoms with van der Waals surface area (Å²) in [6, 6.07) is 61.0. The van der Waals surface area contributed by atoms with Crippen molar-refractivity contribution in [3.63, 3.8) is 0 Å². The molecule has 11 aromatic rings. The third-order valence-corrected chi connectivity index (χ3v) is 13.6. The van der Waals surface area contributed by atoms with Crippen molar-refractivity contribution in [2.45, 2.75) is 25.3 Å². The number of benzene rings is 7. The number of nitrogens with one attached hydrogen (secondary N) is 2. The number of anilines is 3. The molecule has 1 aliphatic heterocycles. The summed E-state index contributed by atoms with van der Waals surface area (Å²) in [6.07, 6.45) is 14.9. The molecule has 0 fully saturated rings. The van der Waals surface area contributed by atoms with Crippen molar-refractivity contribution in [2.75, 3.05) is 22.8 Å². The summed E-state index contributed by atoms with van der Waals surface area (Å²) in [5.41, 5.74) is 17.4. The minimum atomic E-state index is -0.0254. The Hall–Kier alpha value is -8.62. The number of allylic oxidation sites excluding steroid dienone is 5. The van der Waals surface area contributed by atoms with Crippen LogP contribution < -0.4 is 15.8 Å². The molecular formula is C59H46N8. The highest BCUT2D eigenvalue weighted by Crippen LogP contribution is 2.44. The molecule has 2 N–H and O–H groups in total. The summed E-state index contributed by atoms with van der Waals surface area (Å²) in [5, 5.41) is 11.9. The first kappa shape index (κ1) is 38.8. The number of hydrazine groups is 1. The summed E-state index contributed by atoms with van der Waals surface area (Å²) < 4.78 is 7.20. The molecule has 0 amide bonds. The normalized spacial score (nSPS) is 15.2. The van der Waals surface area contributed by atoms with Crippen LogP contribution >= 0.6 is 0 Å². The smallest absolute Gasteiger partial charge is 0.174 e. The monoisotopic (exact) mass is 866 g/mol. The predicted molar refractivity (Wildman–Crippen MR) is 278 cm³/mol. The molecule has 1 unspecified atom stereocenters. The first-order valence-electron chi connectivity index (χ1n) is 23.1. The molecule has 322 valence electrons. The van der Waals surface area contributed by atoms with Crippen LogP contribution in [0.1, 0.15) is 35.0 Å². The van der Waals surface area contributed by atoms with Gasteiger partial charge in [-0.1, -0.05) is 152 Å². The number of para-hydroxylation sites is 6. The van der Waals surface area contributed by atoms with Gasteiger partial charge < -0.3 is 14.5 Å². The van der Waals surface area contributed by atoms with Gasteiger partial charge in [0, 0.05) is 56.8 Å². The number of hydrogen-bond acceptors (Lipinski definition) is 5. The Morgan fingerprint density at radius 2 is 1.21 bits per heavy atom. The van der Waals surface area contributed by atoms with Gasteiger partial charge in [0.05, 0.1) is 45.5 Å². The molecule has 1 atom stereocenters. The average Bonchev–Trinajstić information content (AvgIpc) is 4.03. The largest absolute Gasteiger partial charge is 0.382 e. The molecule has 2 aliphatic rings. The Kier molecular flexibility index (Phi) is 9.16. The quantitative estimate of drug-likeness (QED) is 0.167. The molecule has 4 aromatic heterocycles. The molecule has 8 nitrogen and oxygen atoms in total. The van der Waals surface area contributed by atoms with E-state index in [-0.39, 0.29) is 5.92 Å². The molecule has 0 saturated heterocycles. The van der Waals surface area contributed by atoms with Crippen LogP contribution in [0.15, 0.2) is 200 Å². The second kappa shape index (κ2) is 15.8. The van der Waals surface area contributed by atoms with Crippen molar-refractivity contribution in [3.8, 4) is 17.2 Å². The van der Waals surface area contributed by atoms with E-state index in [1.54, 1.807) is 0 Å². The van der Waals surface area contributed by atoms with Crippen LogP contribution in [0.4, 0.5) is 17.2 Å². The molecule has 7 aromatic carbocycles. The molecule has 0 spiro atoms. The van der Waals surface area contributed by atoms with Crippen LogP contribution in [0.25, 0.3) is 77.8 Å². The van der Waals surface area contributed by atoms with Crippen molar-refractivity contribution in [1.29, 1.82) is 0 Å². The van der Waals surface area contributed by atoms with E-state index in [9.17, 15) is 0 Å². The van der Waals surface area contributed by atoms with Gasteiger partial charge in [-0.25, -0.2) is 9.97 Å². The van der Waals surface area contributed by atoms with Crippen LogP contribution in [0.5, 0.6) is 0 Å². The van der Waals surface area contributed by atoms with Crippen LogP contribution in [-0.4, -0.2) is 30.7 Å². The highest BCUT2D eigenvalue weighted by atomic mass is 15.5. The molecule has 1 aliphatic carbocycles. The summed E-state index contributed by atoms with van der Waals surface area (Å²) in [7, 11) is 1.99. The lowest BCUT2D eigenvalue weighted by Crippen LogP contribution is -2.32. The molecule has 8 heteroatoms. The Morgan fingerprint density at radius 3 is 1.96 bits per heavy atom. The lowest BCUT2D eigenvalue weighted by Gasteiger charge is -2.30. The van der Waals surface area contributed by atoms with Crippen molar-refractivity contribution in [3.05, 3.63) is 223 Å². The molecular weight excluding hydrogens is 821 g/mol. The zero-order valence-corrected chi connectivity index (χ0v) is 37.0. The first-order valence-corrected chi connectivity index (χ1v) is 23.1. The van der Waals surface area contributed by atoms with Crippen molar-refractivity contribution < 1.29 is 0 Å². The molecule has 13 rings (SSSR count). The van der Waals surface area contributed by atoms with Crippen molar-refractivity contribution in [1.82, 2.24) is 23.7 Å². The Morgan fingerprint density at radius 1 is 0.552 bits per heavy atom. The zero-order valence-electron chi connectivity index (χ0n) is 37.0. The van der Waals surface area contributed by atoms with Gasteiger partial charge in [-0.3, -0.25) is 15.0 Å². The van der Waals surface area contributed by atoms with E-state index in [0.29, 0.717) is 12.4 Å². The van der Waals surface area contributed by atoms with Gasteiger partial charge in [0.2, 0.25) is 0 Å². The van der Waals surface area contributed by atoms with Crippen molar-refractivity contribution >= 4 is 77.8 Å². The van der Waals surface area contributed by atoms with Gasteiger partial charge in [-0.15, -0.1) is 0 Å². The fourth-order valence-electron chi connectivity index (χ4n) is 10.7. The molecule has 0 radical (unpaired) electrons. The fraction of sp³-hybridized carbons (Fsp3) is 0.0847. The SMILES string of the molecule is CNc1c(NN2Cc3c(c4ccccc4n3-c3ccccc3)/C=C\Cc3ccccc32)nc(C2C=CC=CC2)nc1-n1c2ccccc2c2ccc3c(c4ccccc4n3-c3ccccc3)c21. The number of hydrogen-bond donors (Lipinski definition) is 2. The van der Waals surface area contributed by atoms with E-state index in [4.69, 9.17) is 9.97 Å². The van der Waals surface area contributed by atoms with E-state index in [0.717, 1.165) is 74.7 Å². The second-order valence-corrected chi connectivity index (χ2v) is 17.4. The Bertz CT molecular complexity index is 3810. The highest BCUT2D eigenvalue weighted by molar-refractivity contribution is 6.26. The number of rotatable bonds is 7. The first-order chi connectivity index (χ1) is 33.2. The van der Waals surface area contributed by atoms with Crippen LogP contribution in [0, 0.1) is 0 Å². The lowest BCUT2D eigenvalue weighted by molar-refractivity contribution is 0.761. The lowest BCUT2D eigenvalue weighted by atomic mass is 10.00. The Balaban J connectivity index is 1.08. The molecule has 0 saturated carbocycles. The van der Waals surface area contributed by atoms with Gasteiger partial charge in [-0.2, -0.15) is 0 Å². The van der Waals surface area contributed by atoms with Gasteiger partial charge in [-0.05, 0) is 73.0 Å². The molecule has 0 bridgehead atoms. The van der Waals surface area contributed by atoms with E-state index in [2.05, 4.69) is 236 Å². The average molecular weight is 867 g/mol. The molecule has 67 heavy (non-hydrogen) atoms. The third kappa shape index (κ3) is 6.21. The number of nitrogens with zero attached hydrogens (tertiary/aromatic N) is 6. The van der Waals surface area contributed by atoms with Gasteiger partial charge in [0.1, 0.15) is 11.5 Å². The second-order valence-electron chi connectivity index (χ2n) is 17.4. The maximum atomic E-state index is 5.65. The maximum absolute atomic E-state index is 5.65. The van der Waals surface area contributed by atoms with E-state index < -0.39 is 0 Å². The summed E-state index contributed by atoms with van der Waals surface area (Å²) in [5.74, 6) is 2.20. The number of aromatic nitrogens is 5. The predicted octanol–water partition coefficient (Wildman–Crippen LogP) is 13.9. The summed E-state index contributed by atoms with van der Waals surface area (Å²) >= 11 is 0. The molecule has 5 heterocycles. The number of fused-ring (bicyclic) bond motifs is 11. The minimum Gasteiger partial charge on any atom is -0.382 e. The third-order valence-electron chi connectivity index (χ3n) is 13.6. The van der Waals surface area contributed by atoms with E-state index in [1.807, 2.05) is 7.05 Å². The summed E-state index contributed by atoms with van der Waals surface area (Å²) in [6.45, 7) is 0.541. The standard InChI is InChI=1S/C59H46N8/c1-60-55-58(63-64-38-53-44(31-19-23-39-20-11-15-32-48(39)64)43-28-12-16-33-49(43)66(53)42-26-9-4-10-27-42)61-57(40-21-5-2-6-22-40)62-59(55)67-50-34-17-13-29-45(50)46-36-37-52-54(56(46)67)47-30-14-18-35-51(47)65(52)41-24-7-3-8-25-41/h2-21,24-37,40,60H,22-23,38H2,1H3,(H,61,62,63)/b31-19-. The van der Waals surface area contributed by atoms with Crippen molar-refractivity contribution in [2.24, 2.45) is 0 Å². The van der Waals surface area contributed by atoms with Gasteiger partial charge in [0.25, 0.3) is 0 Å². The fourth-order valence-corrected chi connectivity index (χ4v) is 10.7. The Labute approximate surface area is 388 Å². The minimum absolute atomic E-state index is 0.0254. The van der Waals surface area contributed by atoms with Crippen LogP contribution in [0.3, 0.4) is 0 Å². The van der Waals surface area contributed by atoms with E-state index in [1.165, 1.54) is 43.9 Å². The topological polar surface area (TPSA) is 67.9 Å².